The summed E-state index contributed by atoms with van der Waals surface area (Å²) < 4.78 is 12.3. The van der Waals surface area contributed by atoms with Gasteiger partial charge in [0.1, 0.15) is 6.61 Å². The number of methoxy groups -OCH3 is 1. The van der Waals surface area contributed by atoms with Gasteiger partial charge in [0.2, 0.25) is 0 Å². The average molecular weight is 350 g/mol. The molecular weight excluding hydrogens is 330 g/mol. The summed E-state index contributed by atoms with van der Waals surface area (Å²) in [5.74, 6) is 1.45. The summed E-state index contributed by atoms with van der Waals surface area (Å²) in [5, 5.41) is 0. The van der Waals surface area contributed by atoms with E-state index in [-0.39, 0.29) is 6.04 Å². The summed E-state index contributed by atoms with van der Waals surface area (Å²) in [6, 6.07) is 14.1. The first-order chi connectivity index (χ1) is 10.1. The summed E-state index contributed by atoms with van der Waals surface area (Å²) in [5.41, 5.74) is 8.13. The van der Waals surface area contributed by atoms with Crippen molar-refractivity contribution in [2.45, 2.75) is 26.0 Å². The quantitative estimate of drug-likeness (QED) is 0.859. The maximum Gasteiger partial charge on any atom is 0.162 e. The van der Waals surface area contributed by atoms with Crippen LogP contribution in [0.25, 0.3) is 0 Å². The lowest BCUT2D eigenvalue weighted by Crippen LogP contribution is -2.18. The lowest BCUT2D eigenvalue weighted by Gasteiger charge is -2.15. The van der Waals surface area contributed by atoms with Crippen molar-refractivity contribution in [1.29, 1.82) is 0 Å². The minimum atomic E-state index is 0.0941. The average Bonchev–Trinajstić information content (AvgIpc) is 2.48. The molecule has 0 aliphatic heterocycles. The summed E-state index contributed by atoms with van der Waals surface area (Å²) in [4.78, 5) is 0. The largest absolute Gasteiger partial charge is 0.493 e. The number of rotatable bonds is 6. The fraction of sp³-hybridized carbons (Fsp3) is 0.294. The number of benzene rings is 2. The first-order valence-corrected chi connectivity index (χ1v) is 7.68. The predicted octanol–water partition coefficient (Wildman–Crippen LogP) is 3.93. The summed E-state index contributed by atoms with van der Waals surface area (Å²) >= 11 is 3.56. The van der Waals surface area contributed by atoms with E-state index >= 15 is 0 Å². The van der Waals surface area contributed by atoms with Crippen LogP contribution in [0.2, 0.25) is 0 Å². The van der Waals surface area contributed by atoms with E-state index in [0.717, 1.165) is 27.8 Å². The first kappa shape index (κ1) is 15.9. The van der Waals surface area contributed by atoms with Crippen molar-refractivity contribution in [3.05, 3.63) is 58.1 Å². The zero-order chi connectivity index (χ0) is 15.2. The van der Waals surface area contributed by atoms with Crippen LogP contribution in [0.1, 0.15) is 18.1 Å². The van der Waals surface area contributed by atoms with Gasteiger partial charge in [-0.2, -0.15) is 0 Å². The molecule has 3 nitrogen and oxygen atoms in total. The van der Waals surface area contributed by atoms with Gasteiger partial charge in [0.05, 0.1) is 7.11 Å². The van der Waals surface area contributed by atoms with Gasteiger partial charge in [0.15, 0.2) is 11.5 Å². The second-order valence-corrected chi connectivity index (χ2v) is 5.90. The highest BCUT2D eigenvalue weighted by atomic mass is 79.9. The summed E-state index contributed by atoms with van der Waals surface area (Å²) in [7, 11) is 1.64. The van der Waals surface area contributed by atoms with Gasteiger partial charge in [-0.3, -0.25) is 0 Å². The van der Waals surface area contributed by atoms with E-state index in [4.69, 9.17) is 15.2 Å². The van der Waals surface area contributed by atoms with Crippen molar-refractivity contribution >= 4 is 15.9 Å². The normalized spacial score (nSPS) is 12.0. The van der Waals surface area contributed by atoms with E-state index in [1.165, 1.54) is 0 Å². The smallest absolute Gasteiger partial charge is 0.162 e. The number of hydrogen-bond donors (Lipinski definition) is 1. The van der Waals surface area contributed by atoms with Crippen LogP contribution in [0.3, 0.4) is 0 Å². The van der Waals surface area contributed by atoms with Gasteiger partial charge in [-0.05, 0) is 36.6 Å². The Kier molecular flexibility index (Phi) is 5.65. The molecule has 0 aliphatic rings. The number of halogens is 1. The van der Waals surface area contributed by atoms with Crippen molar-refractivity contribution in [1.82, 2.24) is 0 Å². The minimum Gasteiger partial charge on any atom is -0.493 e. The van der Waals surface area contributed by atoms with Crippen LogP contribution in [0.4, 0.5) is 0 Å². The Morgan fingerprint density at radius 1 is 1.14 bits per heavy atom. The lowest BCUT2D eigenvalue weighted by molar-refractivity contribution is 0.284. The van der Waals surface area contributed by atoms with E-state index in [9.17, 15) is 0 Å². The molecule has 0 radical (unpaired) electrons. The molecule has 0 amide bonds. The Morgan fingerprint density at radius 2 is 1.86 bits per heavy atom. The van der Waals surface area contributed by atoms with Gasteiger partial charge in [-0.1, -0.05) is 46.3 Å². The van der Waals surface area contributed by atoms with Crippen LogP contribution >= 0.6 is 15.9 Å². The van der Waals surface area contributed by atoms with Crippen LogP contribution < -0.4 is 15.2 Å². The molecule has 0 saturated carbocycles. The number of nitrogens with two attached hydrogens (primary N) is 1. The van der Waals surface area contributed by atoms with Gasteiger partial charge in [-0.25, -0.2) is 0 Å². The van der Waals surface area contributed by atoms with Crippen LogP contribution in [0.5, 0.6) is 11.5 Å². The van der Waals surface area contributed by atoms with Crippen molar-refractivity contribution in [3.63, 3.8) is 0 Å². The van der Waals surface area contributed by atoms with E-state index in [2.05, 4.69) is 15.9 Å². The Morgan fingerprint density at radius 3 is 2.48 bits per heavy atom. The molecule has 0 aliphatic carbocycles. The molecule has 0 aromatic heterocycles. The fourth-order valence-corrected chi connectivity index (χ4v) is 2.57. The van der Waals surface area contributed by atoms with Crippen molar-refractivity contribution in [3.8, 4) is 11.5 Å². The third-order valence-electron chi connectivity index (χ3n) is 3.11. The molecule has 2 aromatic carbocycles. The van der Waals surface area contributed by atoms with E-state index in [1.807, 2.05) is 49.4 Å². The summed E-state index contributed by atoms with van der Waals surface area (Å²) in [6.45, 7) is 2.50. The molecule has 0 heterocycles. The van der Waals surface area contributed by atoms with Gasteiger partial charge >= 0.3 is 0 Å². The highest BCUT2D eigenvalue weighted by Gasteiger charge is 2.11. The Hall–Kier alpha value is -1.52. The highest BCUT2D eigenvalue weighted by molar-refractivity contribution is 9.10. The van der Waals surface area contributed by atoms with Gasteiger partial charge < -0.3 is 15.2 Å². The molecule has 2 N–H and O–H groups in total. The Bertz CT molecular complexity index is 585. The first-order valence-electron chi connectivity index (χ1n) is 6.89. The molecule has 0 fully saturated rings. The zero-order valence-electron chi connectivity index (χ0n) is 12.3. The maximum atomic E-state index is 5.90. The van der Waals surface area contributed by atoms with Crippen LogP contribution in [-0.4, -0.2) is 13.2 Å². The van der Waals surface area contributed by atoms with Crippen molar-refractivity contribution in [2.75, 3.05) is 7.11 Å². The van der Waals surface area contributed by atoms with E-state index in [1.54, 1.807) is 7.11 Å². The molecule has 1 unspecified atom stereocenters. The van der Waals surface area contributed by atoms with Crippen molar-refractivity contribution in [2.24, 2.45) is 5.73 Å². The standard InChI is InChI=1S/C17H20BrNO2/c1-12(19)8-14-9-17(16(20-2)10-15(14)18)21-11-13-6-4-3-5-7-13/h3-7,9-10,12H,8,11,19H2,1-2H3. The van der Waals surface area contributed by atoms with Crippen molar-refractivity contribution < 1.29 is 9.47 Å². The van der Waals surface area contributed by atoms with Gasteiger partial charge in [0, 0.05) is 10.5 Å². The molecule has 21 heavy (non-hydrogen) atoms. The zero-order valence-corrected chi connectivity index (χ0v) is 13.9. The molecular formula is C17H20BrNO2. The van der Waals surface area contributed by atoms with Gasteiger partial charge in [-0.15, -0.1) is 0 Å². The molecule has 0 bridgehead atoms. The number of ether oxygens (including phenoxy) is 2. The predicted molar refractivity (Wildman–Crippen MR) is 88.8 cm³/mol. The lowest BCUT2D eigenvalue weighted by atomic mass is 10.1. The summed E-state index contributed by atoms with van der Waals surface area (Å²) in [6.07, 6.45) is 0.784. The van der Waals surface area contributed by atoms with Crippen LogP contribution in [-0.2, 0) is 13.0 Å². The van der Waals surface area contributed by atoms with Gasteiger partial charge in [0.25, 0.3) is 0 Å². The third-order valence-corrected chi connectivity index (χ3v) is 3.85. The second-order valence-electron chi connectivity index (χ2n) is 5.05. The molecule has 0 saturated heterocycles. The second kappa shape index (κ2) is 7.48. The molecule has 2 rings (SSSR count). The minimum absolute atomic E-state index is 0.0941. The monoisotopic (exact) mass is 349 g/mol. The van der Waals surface area contributed by atoms with E-state index in [0.29, 0.717) is 12.4 Å². The fourth-order valence-electron chi connectivity index (χ4n) is 2.09. The molecule has 2 aromatic rings. The maximum absolute atomic E-state index is 5.90. The topological polar surface area (TPSA) is 44.5 Å². The molecule has 0 spiro atoms. The number of hydrogen-bond acceptors (Lipinski definition) is 3. The van der Waals surface area contributed by atoms with Crippen LogP contribution in [0, 0.1) is 0 Å². The Labute approximate surface area is 134 Å². The third kappa shape index (κ3) is 4.48. The Balaban J connectivity index is 2.20. The SMILES string of the molecule is COc1cc(Br)c(CC(C)N)cc1OCc1ccccc1. The molecule has 112 valence electrons. The molecule has 1 atom stereocenters. The van der Waals surface area contributed by atoms with E-state index < -0.39 is 0 Å². The molecule has 4 heteroatoms. The highest BCUT2D eigenvalue weighted by Crippen LogP contribution is 2.34. The van der Waals surface area contributed by atoms with Crippen LogP contribution in [0.15, 0.2) is 46.9 Å².